The Balaban J connectivity index is 1.25. The number of fused-ring (bicyclic) bond motifs is 2. The molecule has 2 fully saturated rings. The lowest BCUT2D eigenvalue weighted by Gasteiger charge is -2.36. The molecule has 2 saturated heterocycles. The van der Waals surface area contributed by atoms with Gasteiger partial charge in [-0.25, -0.2) is 14.8 Å². The fourth-order valence-electron chi connectivity index (χ4n) is 5.79. The van der Waals surface area contributed by atoms with Crippen LogP contribution in [-0.4, -0.2) is 78.0 Å². The fourth-order valence-corrected chi connectivity index (χ4v) is 6.80. The van der Waals surface area contributed by atoms with E-state index in [4.69, 9.17) is 10.7 Å². The van der Waals surface area contributed by atoms with E-state index in [1.807, 2.05) is 36.4 Å². The van der Waals surface area contributed by atoms with Crippen LogP contribution >= 0.6 is 11.3 Å². The molecule has 3 aromatic heterocycles. The van der Waals surface area contributed by atoms with Crippen LogP contribution in [-0.2, 0) is 0 Å². The fraction of sp³-hybridized carbons (Fsp3) is 0.267. The average molecular weight is 583 g/mol. The number of carboxylic acid groups (broad SMARTS) is 1. The molecule has 0 unspecified atom stereocenters. The standard InChI is InChI=1S/C30H30N8O3S/c31-22-16-20-24(17-25(22)36-11-13-37(14-12-36)30-34-23-3-1-2-4-26(23)42-30)38(18-21(28(20)39)29(40)41)27-15-19(5-6-33-27)35-9-7-32-8-10-35/h1-6,15-18,32H,7-14,31H2,(H,40,41). The van der Waals surface area contributed by atoms with Gasteiger partial charge in [-0.15, -0.1) is 0 Å². The minimum absolute atomic E-state index is 0.249. The number of para-hydroxylation sites is 1. The third-order valence-electron chi connectivity index (χ3n) is 8.01. The van der Waals surface area contributed by atoms with Gasteiger partial charge in [0.25, 0.3) is 0 Å². The summed E-state index contributed by atoms with van der Waals surface area (Å²) in [5.41, 5.74) is 9.44. The summed E-state index contributed by atoms with van der Waals surface area (Å²) in [5, 5.41) is 14.5. The Morgan fingerprint density at radius 2 is 1.71 bits per heavy atom. The highest BCUT2D eigenvalue weighted by atomic mass is 32.1. The van der Waals surface area contributed by atoms with Crippen LogP contribution in [0.15, 0.2) is 65.7 Å². The number of pyridine rings is 2. The zero-order chi connectivity index (χ0) is 28.8. The Bertz CT molecular complexity index is 1840. The Morgan fingerprint density at radius 1 is 0.952 bits per heavy atom. The number of aromatic carboxylic acids is 1. The van der Waals surface area contributed by atoms with Gasteiger partial charge in [-0.3, -0.25) is 9.36 Å². The van der Waals surface area contributed by atoms with E-state index in [0.717, 1.165) is 74.4 Å². The second-order valence-electron chi connectivity index (χ2n) is 10.5. The summed E-state index contributed by atoms with van der Waals surface area (Å²) in [7, 11) is 0. The van der Waals surface area contributed by atoms with E-state index in [-0.39, 0.29) is 10.9 Å². The van der Waals surface area contributed by atoms with E-state index in [2.05, 4.69) is 31.1 Å². The van der Waals surface area contributed by atoms with Crippen molar-refractivity contribution in [2.45, 2.75) is 0 Å². The molecule has 12 heteroatoms. The number of carbonyl (C=O) groups is 1. The number of hydrogen-bond donors (Lipinski definition) is 3. The molecule has 5 heterocycles. The third-order valence-corrected chi connectivity index (χ3v) is 9.11. The van der Waals surface area contributed by atoms with Crippen LogP contribution in [0.2, 0.25) is 0 Å². The summed E-state index contributed by atoms with van der Waals surface area (Å²) in [6, 6.07) is 15.5. The number of nitrogens with one attached hydrogen (secondary N) is 1. The number of thiazole rings is 1. The zero-order valence-electron chi connectivity index (χ0n) is 22.9. The van der Waals surface area contributed by atoms with E-state index in [0.29, 0.717) is 17.0 Å². The topological polar surface area (TPSA) is 133 Å². The number of aromatic nitrogens is 3. The molecule has 0 bridgehead atoms. The van der Waals surface area contributed by atoms with Gasteiger partial charge in [0.15, 0.2) is 5.13 Å². The van der Waals surface area contributed by atoms with Gasteiger partial charge in [0.2, 0.25) is 5.43 Å². The minimum Gasteiger partial charge on any atom is -0.477 e. The van der Waals surface area contributed by atoms with Crippen molar-refractivity contribution in [2.24, 2.45) is 0 Å². The van der Waals surface area contributed by atoms with E-state index in [1.165, 1.54) is 10.9 Å². The van der Waals surface area contributed by atoms with Crippen molar-refractivity contribution in [3.63, 3.8) is 0 Å². The summed E-state index contributed by atoms with van der Waals surface area (Å²) in [6.45, 7) is 6.48. The van der Waals surface area contributed by atoms with Gasteiger partial charge in [0.05, 0.1) is 27.1 Å². The van der Waals surface area contributed by atoms with Gasteiger partial charge in [-0.1, -0.05) is 23.5 Å². The highest BCUT2D eigenvalue weighted by Crippen LogP contribution is 2.33. The molecule has 0 aliphatic carbocycles. The quantitative estimate of drug-likeness (QED) is 0.266. The van der Waals surface area contributed by atoms with E-state index < -0.39 is 11.4 Å². The summed E-state index contributed by atoms with van der Waals surface area (Å²) in [6.07, 6.45) is 3.10. The third kappa shape index (κ3) is 4.68. The summed E-state index contributed by atoms with van der Waals surface area (Å²) in [4.78, 5) is 41.5. The highest BCUT2D eigenvalue weighted by molar-refractivity contribution is 7.22. The van der Waals surface area contributed by atoms with Gasteiger partial charge in [0, 0.05) is 81.9 Å². The van der Waals surface area contributed by atoms with Crippen molar-refractivity contribution in [3.05, 3.63) is 76.7 Å². The number of benzene rings is 2. The molecule has 5 aromatic rings. The molecule has 0 radical (unpaired) electrons. The minimum atomic E-state index is -1.29. The second-order valence-corrected chi connectivity index (χ2v) is 11.5. The van der Waals surface area contributed by atoms with Crippen molar-refractivity contribution in [3.8, 4) is 5.82 Å². The maximum atomic E-state index is 13.3. The van der Waals surface area contributed by atoms with Gasteiger partial charge >= 0.3 is 5.97 Å². The zero-order valence-corrected chi connectivity index (χ0v) is 23.7. The summed E-state index contributed by atoms with van der Waals surface area (Å²) in [5.74, 6) is -0.752. The van der Waals surface area contributed by atoms with Gasteiger partial charge < -0.3 is 30.9 Å². The van der Waals surface area contributed by atoms with Gasteiger partial charge in [-0.2, -0.15) is 0 Å². The van der Waals surface area contributed by atoms with E-state index >= 15 is 0 Å². The van der Waals surface area contributed by atoms with E-state index in [9.17, 15) is 14.7 Å². The van der Waals surface area contributed by atoms with Crippen LogP contribution in [0.25, 0.3) is 26.9 Å². The van der Waals surface area contributed by atoms with Gasteiger partial charge in [-0.05, 0) is 30.3 Å². The lowest BCUT2D eigenvalue weighted by atomic mass is 10.1. The van der Waals surface area contributed by atoms with Crippen molar-refractivity contribution in [2.75, 3.05) is 72.8 Å². The normalized spacial score (nSPS) is 16.0. The van der Waals surface area contributed by atoms with Crippen molar-refractivity contribution >= 4 is 60.6 Å². The molecule has 4 N–H and O–H groups in total. The number of hydrogen-bond acceptors (Lipinski definition) is 10. The molecule has 0 amide bonds. The lowest BCUT2D eigenvalue weighted by molar-refractivity contribution is 0.0695. The highest BCUT2D eigenvalue weighted by Gasteiger charge is 2.24. The molecule has 11 nitrogen and oxygen atoms in total. The number of nitrogens with zero attached hydrogens (tertiary/aromatic N) is 6. The maximum absolute atomic E-state index is 13.3. The molecular weight excluding hydrogens is 552 g/mol. The summed E-state index contributed by atoms with van der Waals surface area (Å²) < 4.78 is 2.87. The predicted octanol–water partition coefficient (Wildman–Crippen LogP) is 3.01. The van der Waals surface area contributed by atoms with Crippen molar-refractivity contribution in [1.82, 2.24) is 19.9 Å². The predicted molar refractivity (Wildman–Crippen MR) is 168 cm³/mol. The molecule has 0 saturated carbocycles. The Hall–Kier alpha value is -4.68. The average Bonchev–Trinajstić information content (AvgIpc) is 3.46. The smallest absolute Gasteiger partial charge is 0.341 e. The first kappa shape index (κ1) is 26.2. The summed E-state index contributed by atoms with van der Waals surface area (Å²) >= 11 is 1.69. The van der Waals surface area contributed by atoms with E-state index in [1.54, 1.807) is 28.2 Å². The monoisotopic (exact) mass is 582 g/mol. The first-order valence-corrected chi connectivity index (χ1v) is 14.8. The van der Waals surface area contributed by atoms with Gasteiger partial charge in [0.1, 0.15) is 11.4 Å². The lowest BCUT2D eigenvalue weighted by Crippen LogP contribution is -2.46. The largest absolute Gasteiger partial charge is 0.477 e. The van der Waals surface area contributed by atoms with Crippen molar-refractivity contribution in [1.29, 1.82) is 0 Å². The maximum Gasteiger partial charge on any atom is 0.341 e. The van der Waals surface area contributed by atoms with Crippen molar-refractivity contribution < 1.29 is 9.90 Å². The molecule has 0 spiro atoms. The van der Waals surface area contributed by atoms with Crippen LogP contribution in [0.3, 0.4) is 0 Å². The Labute approximate surface area is 245 Å². The second kappa shape index (κ2) is 10.6. The Morgan fingerprint density at radius 3 is 2.48 bits per heavy atom. The molecule has 42 heavy (non-hydrogen) atoms. The molecule has 7 rings (SSSR count). The first-order valence-electron chi connectivity index (χ1n) is 14.0. The first-order chi connectivity index (χ1) is 20.5. The SMILES string of the molecule is Nc1cc2c(=O)c(C(=O)O)cn(-c3cc(N4CCNCC4)ccn3)c2cc1N1CCN(c2nc3ccccc3s2)CC1. The number of nitrogens with two attached hydrogens (primary N) is 1. The molecule has 2 aliphatic heterocycles. The number of carboxylic acids is 1. The molecular formula is C30H30N8O3S. The number of rotatable bonds is 5. The van der Waals surface area contributed by atoms with Crippen LogP contribution in [0.5, 0.6) is 0 Å². The molecule has 0 atom stereocenters. The molecule has 214 valence electrons. The van der Waals surface area contributed by atoms with Crippen LogP contribution in [0.4, 0.5) is 22.2 Å². The Kier molecular flexibility index (Phi) is 6.63. The number of anilines is 4. The van der Waals surface area contributed by atoms with Crippen LogP contribution in [0, 0.1) is 0 Å². The van der Waals surface area contributed by atoms with Crippen LogP contribution in [0.1, 0.15) is 10.4 Å². The number of piperazine rings is 2. The van der Waals surface area contributed by atoms with Crippen LogP contribution < -0.4 is 31.2 Å². The number of nitrogen functional groups attached to an aromatic ring is 1. The molecule has 2 aliphatic rings. The molecule has 2 aromatic carbocycles.